The first-order valence-corrected chi connectivity index (χ1v) is 3.29. The van der Waals surface area contributed by atoms with Crippen molar-refractivity contribution in [3.8, 4) is 0 Å². The molecule has 0 aliphatic carbocycles. The number of amides is 1. The molecule has 0 aromatic rings. The monoisotopic (exact) mass is 177 g/mol. The molecule has 0 aromatic carbocycles. The van der Waals surface area contributed by atoms with Crippen LogP contribution in [-0.2, 0) is 14.3 Å². The fourth-order valence-electron chi connectivity index (χ4n) is 0.406. The van der Waals surface area contributed by atoms with Crippen molar-refractivity contribution in [2.24, 2.45) is 0 Å². The molecule has 0 aliphatic heterocycles. The van der Waals surface area contributed by atoms with E-state index in [-0.39, 0.29) is 19.8 Å². The van der Waals surface area contributed by atoms with Crippen molar-refractivity contribution in [2.45, 2.75) is 0 Å². The van der Waals surface area contributed by atoms with Crippen molar-refractivity contribution in [1.82, 2.24) is 5.32 Å². The molecule has 1 amide bonds. The van der Waals surface area contributed by atoms with E-state index in [9.17, 15) is 9.59 Å². The van der Waals surface area contributed by atoms with Gasteiger partial charge in [0.25, 0.3) is 0 Å². The van der Waals surface area contributed by atoms with Gasteiger partial charge in [-0.1, -0.05) is 0 Å². The Morgan fingerprint density at radius 1 is 1.50 bits per heavy atom. The van der Waals surface area contributed by atoms with Crippen LogP contribution in [0.1, 0.15) is 0 Å². The zero-order valence-electron chi connectivity index (χ0n) is 6.70. The molecule has 0 aliphatic rings. The number of hydrogen-bond donors (Lipinski definition) is 2. The zero-order chi connectivity index (χ0) is 9.40. The molecule has 0 saturated carbocycles. The van der Waals surface area contributed by atoms with E-state index in [4.69, 9.17) is 5.11 Å². The molecule has 0 atom stereocenters. The molecule has 0 saturated heterocycles. The van der Waals surface area contributed by atoms with E-state index in [1.54, 1.807) is 0 Å². The van der Waals surface area contributed by atoms with Crippen molar-refractivity contribution < 1.29 is 24.2 Å². The fraction of sp³-hybridized carbons (Fsp3) is 0.667. The van der Waals surface area contributed by atoms with Gasteiger partial charge >= 0.3 is 12.1 Å². The molecule has 2 N–H and O–H groups in total. The van der Waals surface area contributed by atoms with Gasteiger partial charge in [-0.3, -0.25) is 4.79 Å². The number of carbonyl (C=O) groups is 2. The maximum atomic E-state index is 10.6. The summed E-state index contributed by atoms with van der Waals surface area (Å²) in [5, 5.41) is 10.4. The number of esters is 1. The highest BCUT2D eigenvalue weighted by atomic mass is 16.6. The topological polar surface area (TPSA) is 84.9 Å². The highest BCUT2D eigenvalue weighted by Gasteiger charge is 2.04. The second-order valence-corrected chi connectivity index (χ2v) is 1.79. The molecule has 0 radical (unpaired) electrons. The lowest BCUT2D eigenvalue weighted by Gasteiger charge is -2.03. The Morgan fingerprint density at radius 2 is 2.17 bits per heavy atom. The van der Waals surface area contributed by atoms with Crippen LogP contribution < -0.4 is 5.32 Å². The summed E-state index contributed by atoms with van der Waals surface area (Å²) in [5.74, 6) is -0.559. The van der Waals surface area contributed by atoms with E-state index < -0.39 is 12.1 Å². The van der Waals surface area contributed by atoms with Gasteiger partial charge in [0.2, 0.25) is 0 Å². The largest absolute Gasteiger partial charge is 0.468 e. The molecule has 0 unspecified atom stereocenters. The van der Waals surface area contributed by atoms with E-state index in [2.05, 4.69) is 14.8 Å². The maximum Gasteiger partial charge on any atom is 0.407 e. The van der Waals surface area contributed by atoms with Crippen LogP contribution in [0.15, 0.2) is 0 Å². The van der Waals surface area contributed by atoms with Gasteiger partial charge in [-0.25, -0.2) is 4.79 Å². The lowest BCUT2D eigenvalue weighted by molar-refractivity contribution is -0.139. The summed E-state index contributed by atoms with van der Waals surface area (Å²) in [6.45, 7) is -0.570. The van der Waals surface area contributed by atoms with Gasteiger partial charge in [0.15, 0.2) is 0 Å². The minimum atomic E-state index is -0.755. The number of alkyl carbamates (subject to hydrolysis) is 1. The first kappa shape index (κ1) is 10.7. The van der Waals surface area contributed by atoms with Crippen molar-refractivity contribution in [1.29, 1.82) is 0 Å². The number of ether oxygens (including phenoxy) is 2. The molecule has 0 heterocycles. The summed E-state index contributed by atoms with van der Waals surface area (Å²) in [7, 11) is 1.21. The number of rotatable bonds is 4. The Bertz CT molecular complexity index is 158. The van der Waals surface area contributed by atoms with Crippen LogP contribution in [0.5, 0.6) is 0 Å². The average Bonchev–Trinajstić information content (AvgIpc) is 2.10. The van der Waals surface area contributed by atoms with Gasteiger partial charge in [0, 0.05) is 0 Å². The summed E-state index contributed by atoms with van der Waals surface area (Å²) in [6, 6.07) is 0. The standard InChI is InChI=1S/C6H11NO5/c1-11-5(9)4-7-6(10)12-3-2-8/h8H,2-4H2,1H3,(H,7,10). The minimum Gasteiger partial charge on any atom is -0.468 e. The number of hydrogen-bond acceptors (Lipinski definition) is 5. The third-order valence-electron chi connectivity index (χ3n) is 0.929. The first-order chi connectivity index (χ1) is 5.70. The molecule has 12 heavy (non-hydrogen) atoms. The van der Waals surface area contributed by atoms with Crippen LogP contribution in [-0.4, -0.2) is 44.0 Å². The van der Waals surface area contributed by atoms with Crippen LogP contribution in [0.4, 0.5) is 4.79 Å². The predicted molar refractivity (Wildman–Crippen MR) is 38.5 cm³/mol. The molecule has 70 valence electrons. The SMILES string of the molecule is COC(=O)CNC(=O)OCCO. The van der Waals surface area contributed by atoms with Crippen molar-refractivity contribution >= 4 is 12.1 Å². The smallest absolute Gasteiger partial charge is 0.407 e. The van der Waals surface area contributed by atoms with Gasteiger partial charge in [0.05, 0.1) is 13.7 Å². The van der Waals surface area contributed by atoms with Gasteiger partial charge in [-0.15, -0.1) is 0 Å². The quantitative estimate of drug-likeness (QED) is 0.531. The molecule has 0 rings (SSSR count). The molecule has 0 aromatic heterocycles. The van der Waals surface area contributed by atoms with Gasteiger partial charge in [0.1, 0.15) is 13.2 Å². The van der Waals surface area contributed by atoms with E-state index >= 15 is 0 Å². The number of aliphatic hydroxyl groups excluding tert-OH is 1. The highest BCUT2D eigenvalue weighted by molar-refractivity contribution is 5.77. The second kappa shape index (κ2) is 6.41. The maximum absolute atomic E-state index is 10.6. The van der Waals surface area contributed by atoms with Crippen molar-refractivity contribution in [3.05, 3.63) is 0 Å². The van der Waals surface area contributed by atoms with Crippen LogP contribution in [0.3, 0.4) is 0 Å². The average molecular weight is 177 g/mol. The Morgan fingerprint density at radius 3 is 2.67 bits per heavy atom. The van der Waals surface area contributed by atoms with Gasteiger partial charge in [-0.05, 0) is 0 Å². The fourth-order valence-corrected chi connectivity index (χ4v) is 0.406. The summed E-state index contributed by atoms with van der Waals surface area (Å²) >= 11 is 0. The van der Waals surface area contributed by atoms with E-state index in [1.165, 1.54) is 7.11 Å². The molecular formula is C6H11NO5. The number of carbonyl (C=O) groups excluding carboxylic acids is 2. The third kappa shape index (κ3) is 5.48. The Kier molecular flexibility index (Phi) is 5.72. The normalized spacial score (nSPS) is 8.83. The third-order valence-corrected chi connectivity index (χ3v) is 0.929. The van der Waals surface area contributed by atoms with Crippen LogP contribution >= 0.6 is 0 Å². The van der Waals surface area contributed by atoms with Crippen LogP contribution in [0, 0.1) is 0 Å². The Balaban J connectivity index is 3.37. The molecule has 6 nitrogen and oxygen atoms in total. The number of nitrogens with one attached hydrogen (secondary N) is 1. The zero-order valence-corrected chi connectivity index (χ0v) is 6.70. The van der Waals surface area contributed by atoms with Crippen LogP contribution in [0.25, 0.3) is 0 Å². The lowest BCUT2D eigenvalue weighted by atomic mass is 10.6. The van der Waals surface area contributed by atoms with Crippen LogP contribution in [0.2, 0.25) is 0 Å². The minimum absolute atomic E-state index is 0.0903. The Labute approximate surface area is 69.5 Å². The van der Waals surface area contributed by atoms with E-state index in [1.807, 2.05) is 0 Å². The van der Waals surface area contributed by atoms with Crippen molar-refractivity contribution in [2.75, 3.05) is 26.9 Å². The lowest BCUT2D eigenvalue weighted by Crippen LogP contribution is -2.31. The molecule has 0 fully saturated rings. The highest BCUT2D eigenvalue weighted by Crippen LogP contribution is 1.77. The van der Waals surface area contributed by atoms with Gasteiger partial charge in [-0.2, -0.15) is 0 Å². The number of aliphatic hydroxyl groups is 1. The molecule has 6 heteroatoms. The van der Waals surface area contributed by atoms with E-state index in [0.717, 1.165) is 0 Å². The van der Waals surface area contributed by atoms with Crippen molar-refractivity contribution in [3.63, 3.8) is 0 Å². The predicted octanol–water partition coefficient (Wildman–Crippen LogP) is -1.12. The second-order valence-electron chi connectivity index (χ2n) is 1.79. The van der Waals surface area contributed by atoms with E-state index in [0.29, 0.717) is 0 Å². The summed E-state index contributed by atoms with van der Waals surface area (Å²) in [4.78, 5) is 21.0. The number of methoxy groups -OCH3 is 1. The first-order valence-electron chi connectivity index (χ1n) is 3.29. The summed E-state index contributed by atoms with van der Waals surface area (Å²) in [5.41, 5.74) is 0. The molecule has 0 spiro atoms. The molecule has 0 bridgehead atoms. The molecular weight excluding hydrogens is 166 g/mol. The summed E-state index contributed by atoms with van der Waals surface area (Å²) in [6.07, 6.45) is -0.755. The Hall–Kier alpha value is -1.30. The summed E-state index contributed by atoms with van der Waals surface area (Å²) < 4.78 is 8.62. The van der Waals surface area contributed by atoms with Gasteiger partial charge < -0.3 is 19.9 Å².